The molecule has 0 aromatic carbocycles. The number of rotatable bonds is 2. The molecule has 0 spiro atoms. The fourth-order valence-corrected chi connectivity index (χ4v) is 1.42. The second kappa shape index (κ2) is 3.61. The minimum absolute atomic E-state index is 0.583. The highest BCUT2D eigenvalue weighted by Crippen LogP contribution is 2.12. The van der Waals surface area contributed by atoms with Crippen molar-refractivity contribution < 1.29 is 0 Å². The Kier molecular flexibility index (Phi) is 2.75. The molecule has 1 aliphatic heterocycles. The summed E-state index contributed by atoms with van der Waals surface area (Å²) in [5.41, 5.74) is 1.38. The van der Waals surface area contributed by atoms with Gasteiger partial charge in [-0.15, -0.1) is 0 Å². The van der Waals surface area contributed by atoms with Gasteiger partial charge in [0.25, 0.3) is 0 Å². The molecule has 0 fully saturated rings. The molecule has 0 aliphatic carbocycles. The van der Waals surface area contributed by atoms with Crippen molar-refractivity contribution in [1.29, 1.82) is 0 Å². The van der Waals surface area contributed by atoms with Crippen molar-refractivity contribution in [3.05, 3.63) is 23.9 Å². The maximum absolute atomic E-state index is 2.37. The summed E-state index contributed by atoms with van der Waals surface area (Å²) >= 11 is 0. The van der Waals surface area contributed by atoms with Gasteiger partial charge in [-0.25, -0.2) is 0 Å². The van der Waals surface area contributed by atoms with Gasteiger partial charge < -0.3 is 4.90 Å². The summed E-state index contributed by atoms with van der Waals surface area (Å²) in [5.74, 6) is 0. The summed E-state index contributed by atoms with van der Waals surface area (Å²) in [6.07, 6.45) is 7.90. The second-order valence-corrected chi connectivity index (χ2v) is 3.20. The molecule has 62 valence electrons. The van der Waals surface area contributed by atoms with E-state index in [1.165, 1.54) is 18.5 Å². The van der Waals surface area contributed by atoms with Crippen LogP contribution in [0.5, 0.6) is 0 Å². The lowest BCUT2D eigenvalue weighted by Gasteiger charge is -2.28. The lowest BCUT2D eigenvalue weighted by Crippen LogP contribution is -2.29. The maximum Gasteiger partial charge on any atom is 0.0444 e. The summed E-state index contributed by atoms with van der Waals surface area (Å²) < 4.78 is 0. The Balaban J connectivity index is 2.54. The van der Waals surface area contributed by atoms with Crippen LogP contribution in [0.4, 0.5) is 0 Å². The standard InChI is InChI=1S/C10H17N/c1-4-6-11-7-5-9(2)8-10(11)3/h5,7-8,10H,4,6H2,1-3H3. The van der Waals surface area contributed by atoms with Crippen molar-refractivity contribution in [2.75, 3.05) is 6.54 Å². The third-order valence-corrected chi connectivity index (χ3v) is 2.04. The molecule has 11 heavy (non-hydrogen) atoms. The third-order valence-electron chi connectivity index (χ3n) is 2.04. The molecule has 0 radical (unpaired) electrons. The highest BCUT2D eigenvalue weighted by atomic mass is 15.1. The number of hydrogen-bond donors (Lipinski definition) is 0. The van der Waals surface area contributed by atoms with E-state index < -0.39 is 0 Å². The Bertz CT molecular complexity index is 179. The Labute approximate surface area is 69.4 Å². The summed E-state index contributed by atoms with van der Waals surface area (Å²) in [6, 6.07) is 0.583. The van der Waals surface area contributed by atoms with Crippen molar-refractivity contribution >= 4 is 0 Å². The first-order chi connectivity index (χ1) is 5.24. The Morgan fingerprint density at radius 2 is 2.27 bits per heavy atom. The van der Waals surface area contributed by atoms with Crippen LogP contribution < -0.4 is 0 Å². The molecule has 0 amide bonds. The average Bonchev–Trinajstić information content (AvgIpc) is 1.95. The molecule has 1 heteroatoms. The van der Waals surface area contributed by atoms with Crippen LogP contribution >= 0.6 is 0 Å². The van der Waals surface area contributed by atoms with Crippen LogP contribution in [0.2, 0.25) is 0 Å². The lowest BCUT2D eigenvalue weighted by molar-refractivity contribution is 0.331. The van der Waals surface area contributed by atoms with Crippen molar-refractivity contribution in [3.8, 4) is 0 Å². The van der Waals surface area contributed by atoms with E-state index in [0.717, 1.165) is 0 Å². The normalized spacial score (nSPS) is 23.7. The van der Waals surface area contributed by atoms with Gasteiger partial charge >= 0.3 is 0 Å². The van der Waals surface area contributed by atoms with Gasteiger partial charge in [0.05, 0.1) is 0 Å². The first-order valence-electron chi connectivity index (χ1n) is 4.36. The van der Waals surface area contributed by atoms with Crippen LogP contribution in [0.3, 0.4) is 0 Å². The number of hydrogen-bond acceptors (Lipinski definition) is 1. The summed E-state index contributed by atoms with van der Waals surface area (Å²) in [4.78, 5) is 2.37. The molecule has 1 atom stereocenters. The Morgan fingerprint density at radius 1 is 1.55 bits per heavy atom. The molecule has 0 bridgehead atoms. The van der Waals surface area contributed by atoms with Crippen LogP contribution in [0.25, 0.3) is 0 Å². The van der Waals surface area contributed by atoms with Crippen molar-refractivity contribution in [2.24, 2.45) is 0 Å². The number of allylic oxidation sites excluding steroid dienone is 2. The van der Waals surface area contributed by atoms with Gasteiger partial charge in [0.15, 0.2) is 0 Å². The second-order valence-electron chi connectivity index (χ2n) is 3.20. The highest BCUT2D eigenvalue weighted by molar-refractivity contribution is 5.22. The van der Waals surface area contributed by atoms with Crippen molar-refractivity contribution in [3.63, 3.8) is 0 Å². The SMILES string of the molecule is CCCN1C=CC(C)=CC1C. The molecule has 1 aliphatic rings. The Hall–Kier alpha value is -0.720. The van der Waals surface area contributed by atoms with Crippen LogP contribution in [-0.4, -0.2) is 17.5 Å². The number of nitrogens with zero attached hydrogens (tertiary/aromatic N) is 1. The van der Waals surface area contributed by atoms with Crippen LogP contribution in [0.1, 0.15) is 27.2 Å². The highest BCUT2D eigenvalue weighted by Gasteiger charge is 2.08. The van der Waals surface area contributed by atoms with Crippen LogP contribution in [0.15, 0.2) is 23.9 Å². The Morgan fingerprint density at radius 3 is 2.82 bits per heavy atom. The fourth-order valence-electron chi connectivity index (χ4n) is 1.42. The zero-order valence-electron chi connectivity index (χ0n) is 7.67. The van der Waals surface area contributed by atoms with E-state index >= 15 is 0 Å². The van der Waals surface area contributed by atoms with Gasteiger partial charge in [-0.2, -0.15) is 0 Å². The molecule has 0 saturated carbocycles. The zero-order chi connectivity index (χ0) is 8.27. The van der Waals surface area contributed by atoms with E-state index in [4.69, 9.17) is 0 Å². The van der Waals surface area contributed by atoms with Crippen LogP contribution in [-0.2, 0) is 0 Å². The summed E-state index contributed by atoms with van der Waals surface area (Å²) in [7, 11) is 0. The van der Waals surface area contributed by atoms with Gasteiger partial charge in [0.2, 0.25) is 0 Å². The molecule has 1 rings (SSSR count). The molecular formula is C10H17N. The predicted octanol–water partition coefficient (Wildman–Crippen LogP) is 2.56. The quantitative estimate of drug-likeness (QED) is 0.586. The maximum atomic E-state index is 2.37. The first kappa shape index (κ1) is 8.38. The van der Waals surface area contributed by atoms with E-state index in [-0.39, 0.29) is 0 Å². The predicted molar refractivity (Wildman–Crippen MR) is 49.4 cm³/mol. The molecule has 1 heterocycles. The largest absolute Gasteiger partial charge is 0.371 e. The summed E-state index contributed by atoms with van der Waals surface area (Å²) in [6.45, 7) is 7.77. The van der Waals surface area contributed by atoms with E-state index in [1.54, 1.807) is 0 Å². The van der Waals surface area contributed by atoms with E-state index in [2.05, 4.69) is 44.0 Å². The average molecular weight is 151 g/mol. The molecule has 0 aromatic heterocycles. The molecule has 1 nitrogen and oxygen atoms in total. The van der Waals surface area contributed by atoms with Gasteiger partial charge in [0.1, 0.15) is 0 Å². The minimum atomic E-state index is 0.583. The van der Waals surface area contributed by atoms with Gasteiger partial charge in [-0.3, -0.25) is 0 Å². The molecule has 1 unspecified atom stereocenters. The summed E-state index contributed by atoms with van der Waals surface area (Å²) in [5, 5.41) is 0. The smallest absolute Gasteiger partial charge is 0.0444 e. The van der Waals surface area contributed by atoms with Crippen molar-refractivity contribution in [1.82, 2.24) is 4.90 Å². The van der Waals surface area contributed by atoms with Crippen molar-refractivity contribution in [2.45, 2.75) is 33.2 Å². The van der Waals surface area contributed by atoms with E-state index in [9.17, 15) is 0 Å². The van der Waals surface area contributed by atoms with Gasteiger partial charge in [-0.05, 0) is 32.5 Å². The van der Waals surface area contributed by atoms with E-state index in [0.29, 0.717) is 6.04 Å². The molecule has 0 N–H and O–H groups in total. The van der Waals surface area contributed by atoms with Gasteiger partial charge in [-0.1, -0.05) is 18.6 Å². The van der Waals surface area contributed by atoms with Crippen LogP contribution in [0, 0.1) is 0 Å². The molecule has 0 saturated heterocycles. The molecular weight excluding hydrogens is 134 g/mol. The minimum Gasteiger partial charge on any atom is -0.371 e. The topological polar surface area (TPSA) is 3.24 Å². The fraction of sp³-hybridized carbons (Fsp3) is 0.600. The lowest BCUT2D eigenvalue weighted by atomic mass is 10.1. The molecule has 0 aromatic rings. The van der Waals surface area contributed by atoms with E-state index in [1.807, 2.05) is 0 Å². The monoisotopic (exact) mass is 151 g/mol. The zero-order valence-corrected chi connectivity index (χ0v) is 7.67. The third kappa shape index (κ3) is 2.11. The first-order valence-corrected chi connectivity index (χ1v) is 4.36. The van der Waals surface area contributed by atoms with Gasteiger partial charge in [0, 0.05) is 12.6 Å².